The van der Waals surface area contributed by atoms with E-state index >= 15 is 0 Å². The summed E-state index contributed by atoms with van der Waals surface area (Å²) in [5, 5.41) is 34.9. The van der Waals surface area contributed by atoms with Gasteiger partial charge in [0.15, 0.2) is 5.60 Å². The first-order chi connectivity index (χ1) is 14.0. The maximum Gasteiger partial charge on any atom is 0.338 e. The van der Waals surface area contributed by atoms with E-state index in [1.165, 1.54) is 32.1 Å². The van der Waals surface area contributed by atoms with Crippen LogP contribution in [0.3, 0.4) is 0 Å². The Morgan fingerprint density at radius 3 is 2.43 bits per heavy atom. The van der Waals surface area contributed by atoms with Crippen LogP contribution in [-0.2, 0) is 4.79 Å². The predicted molar refractivity (Wildman–Crippen MR) is 117 cm³/mol. The van der Waals surface area contributed by atoms with Crippen LogP contribution in [0.4, 0.5) is 0 Å². The molecule has 0 aromatic carbocycles. The molecule has 0 aromatic rings. The first-order valence-electron chi connectivity index (χ1n) is 12.4. The number of fused-ring (bicyclic) bond motifs is 5. The predicted octanol–water partition coefficient (Wildman–Crippen LogP) is 3.82. The van der Waals surface area contributed by atoms with Crippen LogP contribution in [0.15, 0.2) is 0 Å². The fourth-order valence-electron chi connectivity index (χ4n) is 8.46. The molecule has 5 nitrogen and oxygen atoms in total. The standard InChI is InChI=1S/C25H43NO4/c1-15(2)10-12-26-20-8-7-18-17-6-5-16-13-21(27)25(30,22(28)29)14-24(16,4)19(17)9-11-23(18,20)3/h15-21,26-27,30H,5-14H2,1-4H3,(H,28,29)/t16?,17-,18-,19+,20?,21?,23-,24-,25?/m0/s1. The molecule has 0 saturated heterocycles. The average Bonchev–Trinajstić information content (AvgIpc) is 2.99. The molecule has 9 atom stereocenters. The second-order valence-electron chi connectivity index (χ2n) is 12.1. The minimum absolute atomic E-state index is 0.195. The van der Waals surface area contributed by atoms with E-state index < -0.39 is 17.7 Å². The molecular formula is C25H43NO4. The lowest BCUT2D eigenvalue weighted by Crippen LogP contribution is -2.63. The highest BCUT2D eigenvalue weighted by molar-refractivity contribution is 5.78. The summed E-state index contributed by atoms with van der Waals surface area (Å²) < 4.78 is 0. The van der Waals surface area contributed by atoms with E-state index in [-0.39, 0.29) is 11.8 Å². The Kier molecular flexibility index (Phi) is 5.81. The Bertz CT molecular complexity index is 668. The van der Waals surface area contributed by atoms with Crippen LogP contribution in [0.1, 0.15) is 85.5 Å². The number of hydrogen-bond acceptors (Lipinski definition) is 4. The molecule has 0 spiro atoms. The lowest BCUT2D eigenvalue weighted by Gasteiger charge is -2.62. The molecule has 4 aliphatic rings. The lowest BCUT2D eigenvalue weighted by molar-refractivity contribution is -0.213. The zero-order chi connectivity index (χ0) is 21.9. The molecule has 0 amide bonds. The van der Waals surface area contributed by atoms with Crippen molar-refractivity contribution in [3.05, 3.63) is 0 Å². The molecule has 0 radical (unpaired) electrons. The second kappa shape index (κ2) is 7.74. The molecular weight excluding hydrogens is 378 g/mol. The van der Waals surface area contributed by atoms with Gasteiger partial charge < -0.3 is 20.6 Å². The van der Waals surface area contributed by atoms with E-state index in [2.05, 4.69) is 33.0 Å². The number of aliphatic carboxylic acids is 1. The van der Waals surface area contributed by atoms with Crippen molar-refractivity contribution >= 4 is 5.97 Å². The van der Waals surface area contributed by atoms with Crippen molar-refractivity contribution in [2.45, 2.75) is 103 Å². The quantitative estimate of drug-likeness (QED) is 0.542. The molecule has 4 unspecified atom stereocenters. The van der Waals surface area contributed by atoms with Gasteiger partial charge in [-0.1, -0.05) is 27.7 Å². The third kappa shape index (κ3) is 3.34. The molecule has 172 valence electrons. The zero-order valence-corrected chi connectivity index (χ0v) is 19.4. The summed E-state index contributed by atoms with van der Waals surface area (Å²) in [5.41, 5.74) is -1.86. The normalized spacial score (nSPS) is 50.6. The van der Waals surface area contributed by atoms with Crippen molar-refractivity contribution in [3.8, 4) is 0 Å². The molecule has 0 aliphatic heterocycles. The summed E-state index contributed by atoms with van der Waals surface area (Å²) in [6, 6.07) is 0.594. The molecule has 30 heavy (non-hydrogen) atoms. The van der Waals surface area contributed by atoms with Gasteiger partial charge in [-0.15, -0.1) is 0 Å². The molecule has 4 N–H and O–H groups in total. The van der Waals surface area contributed by atoms with Crippen LogP contribution < -0.4 is 5.32 Å². The van der Waals surface area contributed by atoms with Gasteiger partial charge in [-0.2, -0.15) is 0 Å². The summed E-state index contributed by atoms with van der Waals surface area (Å²) in [5.74, 6) is 1.56. The number of carboxylic acid groups (broad SMARTS) is 1. The van der Waals surface area contributed by atoms with Gasteiger partial charge in [0.05, 0.1) is 6.10 Å². The van der Waals surface area contributed by atoms with Crippen molar-refractivity contribution in [1.29, 1.82) is 0 Å². The van der Waals surface area contributed by atoms with E-state index in [0.29, 0.717) is 41.5 Å². The molecule has 0 heterocycles. The summed E-state index contributed by atoms with van der Waals surface area (Å²) in [6.45, 7) is 10.4. The summed E-state index contributed by atoms with van der Waals surface area (Å²) in [4.78, 5) is 11.9. The van der Waals surface area contributed by atoms with Gasteiger partial charge in [0.1, 0.15) is 0 Å². The van der Waals surface area contributed by atoms with Crippen LogP contribution in [0.5, 0.6) is 0 Å². The zero-order valence-electron chi connectivity index (χ0n) is 19.4. The van der Waals surface area contributed by atoms with E-state index in [9.17, 15) is 20.1 Å². The number of carbonyl (C=O) groups is 1. The Labute approximate surface area is 182 Å². The molecule has 4 aliphatic carbocycles. The Morgan fingerprint density at radius 2 is 1.77 bits per heavy atom. The number of hydrogen-bond donors (Lipinski definition) is 4. The number of carboxylic acids is 1. The molecule has 5 heteroatoms. The number of rotatable bonds is 5. The SMILES string of the molecule is CC(C)CCNC1CC[C@H]2[C@@H]3CCC4CC(O)C(O)(C(=O)O)C[C@]4(C)[C@@H]3CC[C@]12C. The monoisotopic (exact) mass is 421 g/mol. The minimum atomic E-state index is -2.00. The van der Waals surface area contributed by atoms with Gasteiger partial charge in [-0.05, 0) is 105 Å². The smallest absolute Gasteiger partial charge is 0.338 e. The Morgan fingerprint density at radius 1 is 1.07 bits per heavy atom. The summed E-state index contributed by atoms with van der Waals surface area (Å²) in [6.07, 6.45) is 7.77. The van der Waals surface area contributed by atoms with Gasteiger partial charge in [0.2, 0.25) is 0 Å². The highest BCUT2D eigenvalue weighted by atomic mass is 16.4. The summed E-state index contributed by atoms with van der Waals surface area (Å²) in [7, 11) is 0. The maximum absolute atomic E-state index is 11.9. The van der Waals surface area contributed by atoms with Crippen molar-refractivity contribution < 1.29 is 20.1 Å². The van der Waals surface area contributed by atoms with E-state index in [4.69, 9.17) is 0 Å². The minimum Gasteiger partial charge on any atom is -0.479 e. The Hall–Kier alpha value is -0.650. The largest absolute Gasteiger partial charge is 0.479 e. The first kappa shape index (κ1) is 22.5. The third-order valence-corrected chi connectivity index (χ3v) is 10.3. The van der Waals surface area contributed by atoms with Crippen LogP contribution >= 0.6 is 0 Å². The van der Waals surface area contributed by atoms with Crippen LogP contribution in [0.2, 0.25) is 0 Å². The van der Waals surface area contributed by atoms with Crippen LogP contribution in [0, 0.1) is 40.4 Å². The Balaban J connectivity index is 1.53. The topological polar surface area (TPSA) is 89.8 Å². The molecule has 4 saturated carbocycles. The third-order valence-electron chi connectivity index (χ3n) is 10.3. The molecule has 4 rings (SSSR count). The average molecular weight is 422 g/mol. The van der Waals surface area contributed by atoms with Gasteiger partial charge >= 0.3 is 5.97 Å². The second-order valence-corrected chi connectivity index (χ2v) is 12.1. The number of aliphatic hydroxyl groups excluding tert-OH is 1. The van der Waals surface area contributed by atoms with Gasteiger partial charge in [-0.3, -0.25) is 0 Å². The van der Waals surface area contributed by atoms with Crippen molar-refractivity contribution in [3.63, 3.8) is 0 Å². The molecule has 4 fully saturated rings. The number of nitrogens with one attached hydrogen (secondary N) is 1. The number of aliphatic hydroxyl groups is 2. The highest BCUT2D eigenvalue weighted by Gasteiger charge is 2.64. The van der Waals surface area contributed by atoms with Gasteiger partial charge in [-0.25, -0.2) is 4.79 Å². The fourth-order valence-corrected chi connectivity index (χ4v) is 8.46. The highest BCUT2D eigenvalue weighted by Crippen LogP contribution is 2.67. The van der Waals surface area contributed by atoms with E-state index in [1.54, 1.807) is 0 Å². The van der Waals surface area contributed by atoms with Crippen molar-refractivity contribution in [2.24, 2.45) is 40.4 Å². The molecule has 0 aromatic heterocycles. The fraction of sp³-hybridized carbons (Fsp3) is 0.960. The van der Waals surface area contributed by atoms with Crippen LogP contribution in [0.25, 0.3) is 0 Å². The molecule has 0 bridgehead atoms. The van der Waals surface area contributed by atoms with Gasteiger partial charge in [0, 0.05) is 6.04 Å². The van der Waals surface area contributed by atoms with E-state index in [1.807, 2.05) is 0 Å². The summed E-state index contributed by atoms with van der Waals surface area (Å²) >= 11 is 0. The first-order valence-corrected chi connectivity index (χ1v) is 12.4. The van der Waals surface area contributed by atoms with Gasteiger partial charge in [0.25, 0.3) is 0 Å². The maximum atomic E-state index is 11.9. The van der Waals surface area contributed by atoms with Crippen molar-refractivity contribution in [1.82, 2.24) is 5.32 Å². The lowest BCUT2D eigenvalue weighted by atomic mass is 9.43. The van der Waals surface area contributed by atoms with Crippen LogP contribution in [-0.4, -0.2) is 45.6 Å². The van der Waals surface area contributed by atoms with Crippen molar-refractivity contribution in [2.75, 3.05) is 6.54 Å². The van der Waals surface area contributed by atoms with E-state index in [0.717, 1.165) is 25.3 Å².